The summed E-state index contributed by atoms with van der Waals surface area (Å²) in [5.74, 6) is -0.0596. The van der Waals surface area contributed by atoms with Gasteiger partial charge in [0.1, 0.15) is 0 Å². The first-order valence-electron chi connectivity index (χ1n) is 5.69. The van der Waals surface area contributed by atoms with Gasteiger partial charge in [-0.1, -0.05) is 15.9 Å². The summed E-state index contributed by atoms with van der Waals surface area (Å²) in [6, 6.07) is 5.88. The summed E-state index contributed by atoms with van der Waals surface area (Å²) in [5.41, 5.74) is 1.84. The second-order valence-electron chi connectivity index (χ2n) is 4.04. The van der Waals surface area contributed by atoms with Crippen molar-refractivity contribution in [2.75, 3.05) is 10.6 Å². The zero-order chi connectivity index (χ0) is 14.7. The van der Waals surface area contributed by atoms with Gasteiger partial charge >= 0.3 is 0 Å². The number of hydrogen-bond donors (Lipinski definition) is 2. The Kier molecular flexibility index (Phi) is 5.65. The smallest absolute Gasteiger partial charge is 0.221 e. The monoisotopic (exact) mass is 480 g/mol. The molecule has 0 aliphatic heterocycles. The highest BCUT2D eigenvalue weighted by Gasteiger charge is 2.09. The molecule has 0 aliphatic carbocycles. The Bertz CT molecular complexity index is 619. The molecule has 1 aromatic heterocycles. The lowest BCUT2D eigenvalue weighted by molar-refractivity contribution is -0.114. The molecule has 1 amide bonds. The molecule has 0 unspecified atom stereocenters. The third-order valence-electron chi connectivity index (χ3n) is 2.49. The van der Waals surface area contributed by atoms with Crippen molar-refractivity contribution >= 4 is 76.4 Å². The van der Waals surface area contributed by atoms with Crippen LogP contribution in [0, 0.1) is 0 Å². The van der Waals surface area contributed by atoms with Gasteiger partial charge in [0.2, 0.25) is 5.91 Å². The number of carbonyl (C=O) groups is 1. The molecule has 0 saturated carbocycles. The maximum absolute atomic E-state index is 11.1. The van der Waals surface area contributed by atoms with E-state index in [-0.39, 0.29) is 5.91 Å². The second-order valence-corrected chi connectivity index (χ2v) is 7.66. The first kappa shape index (κ1) is 16.0. The Labute approximate surface area is 146 Å². The van der Waals surface area contributed by atoms with Gasteiger partial charge < -0.3 is 10.6 Å². The zero-order valence-electron chi connectivity index (χ0n) is 10.5. The molecule has 2 aromatic rings. The lowest BCUT2D eigenvalue weighted by Gasteiger charge is -2.12. The third kappa shape index (κ3) is 4.07. The van der Waals surface area contributed by atoms with Gasteiger partial charge in [0.25, 0.3) is 0 Å². The van der Waals surface area contributed by atoms with Crippen LogP contribution in [0.1, 0.15) is 11.8 Å². The van der Waals surface area contributed by atoms with Crippen molar-refractivity contribution in [3.63, 3.8) is 0 Å². The van der Waals surface area contributed by atoms with Crippen LogP contribution in [0.3, 0.4) is 0 Å². The maximum atomic E-state index is 11.1. The summed E-state index contributed by atoms with van der Waals surface area (Å²) < 4.78 is 2.93. The van der Waals surface area contributed by atoms with Crippen molar-refractivity contribution in [2.24, 2.45) is 0 Å². The molecule has 3 nitrogen and oxygen atoms in total. The molecule has 0 atom stereocenters. The van der Waals surface area contributed by atoms with Crippen LogP contribution in [0.15, 0.2) is 37.0 Å². The molecular weight excluding hydrogens is 472 g/mol. The largest absolute Gasteiger partial charge is 0.378 e. The van der Waals surface area contributed by atoms with Crippen LogP contribution in [0.5, 0.6) is 0 Å². The predicted molar refractivity (Wildman–Crippen MR) is 95.5 cm³/mol. The van der Waals surface area contributed by atoms with Crippen LogP contribution in [0.2, 0.25) is 0 Å². The Hall–Kier alpha value is -0.370. The number of hydrogen-bond acceptors (Lipinski definition) is 3. The van der Waals surface area contributed by atoms with Gasteiger partial charge in [-0.25, -0.2) is 0 Å². The number of benzene rings is 1. The van der Waals surface area contributed by atoms with Crippen molar-refractivity contribution in [2.45, 2.75) is 13.5 Å². The van der Waals surface area contributed by atoms with E-state index < -0.39 is 0 Å². The number of rotatable bonds is 4. The van der Waals surface area contributed by atoms with Gasteiger partial charge in [-0.2, -0.15) is 0 Å². The standard InChI is InChI=1S/C13H11Br3N2OS/c1-7(19)18-11-2-3-20-12(11)6-17-13-9(15)4-8(14)5-10(13)16/h2-5,17H,6H2,1H3,(H,18,19). The number of nitrogens with one attached hydrogen (secondary N) is 2. The van der Waals surface area contributed by atoms with E-state index in [0.29, 0.717) is 6.54 Å². The van der Waals surface area contributed by atoms with E-state index in [1.54, 1.807) is 11.3 Å². The fourth-order valence-electron chi connectivity index (χ4n) is 1.66. The van der Waals surface area contributed by atoms with Crippen LogP contribution >= 0.6 is 59.1 Å². The quantitative estimate of drug-likeness (QED) is 0.595. The highest BCUT2D eigenvalue weighted by Crippen LogP contribution is 2.35. The average Bonchev–Trinajstić information content (AvgIpc) is 2.74. The first-order valence-corrected chi connectivity index (χ1v) is 8.95. The molecule has 0 spiro atoms. The van der Waals surface area contributed by atoms with Gasteiger partial charge in [-0.3, -0.25) is 4.79 Å². The van der Waals surface area contributed by atoms with E-state index in [9.17, 15) is 4.79 Å². The molecule has 1 heterocycles. The third-order valence-corrected chi connectivity index (χ3v) is 5.12. The molecule has 0 radical (unpaired) electrons. The minimum Gasteiger partial charge on any atom is -0.378 e. The van der Waals surface area contributed by atoms with Crippen molar-refractivity contribution in [3.05, 3.63) is 41.9 Å². The maximum Gasteiger partial charge on any atom is 0.221 e. The summed E-state index contributed by atoms with van der Waals surface area (Å²) in [5, 5.41) is 8.16. The van der Waals surface area contributed by atoms with E-state index in [4.69, 9.17) is 0 Å². The van der Waals surface area contributed by atoms with E-state index >= 15 is 0 Å². The van der Waals surface area contributed by atoms with Crippen LogP contribution in [-0.2, 0) is 11.3 Å². The van der Waals surface area contributed by atoms with Crippen molar-refractivity contribution in [1.29, 1.82) is 0 Å². The Morgan fingerprint density at radius 3 is 2.50 bits per heavy atom. The number of anilines is 2. The van der Waals surface area contributed by atoms with Gasteiger partial charge in [-0.15, -0.1) is 11.3 Å². The lowest BCUT2D eigenvalue weighted by Crippen LogP contribution is -2.08. The van der Waals surface area contributed by atoms with Crippen LogP contribution in [0.4, 0.5) is 11.4 Å². The number of halogens is 3. The first-order chi connectivity index (χ1) is 9.47. The van der Waals surface area contributed by atoms with Gasteiger partial charge in [0.05, 0.1) is 17.9 Å². The van der Waals surface area contributed by atoms with Crippen LogP contribution in [0.25, 0.3) is 0 Å². The Balaban J connectivity index is 2.13. The predicted octanol–water partition coefficient (Wildman–Crippen LogP) is 5.61. The molecule has 0 aliphatic rings. The van der Waals surface area contributed by atoms with Crippen molar-refractivity contribution in [3.8, 4) is 0 Å². The molecule has 7 heteroatoms. The SMILES string of the molecule is CC(=O)Nc1ccsc1CNc1c(Br)cc(Br)cc1Br. The summed E-state index contributed by atoms with van der Waals surface area (Å²) in [4.78, 5) is 12.2. The van der Waals surface area contributed by atoms with E-state index in [0.717, 1.165) is 29.7 Å². The normalized spacial score (nSPS) is 10.4. The topological polar surface area (TPSA) is 41.1 Å². The molecule has 2 N–H and O–H groups in total. The second kappa shape index (κ2) is 7.06. The molecule has 0 bridgehead atoms. The number of amides is 1. The Morgan fingerprint density at radius 1 is 1.25 bits per heavy atom. The van der Waals surface area contributed by atoms with Crippen molar-refractivity contribution in [1.82, 2.24) is 0 Å². The van der Waals surface area contributed by atoms with Crippen LogP contribution in [-0.4, -0.2) is 5.91 Å². The van der Waals surface area contributed by atoms with Gasteiger partial charge in [0, 0.05) is 25.2 Å². The highest BCUT2D eigenvalue weighted by molar-refractivity contribution is 9.11. The summed E-state index contributed by atoms with van der Waals surface area (Å²) >= 11 is 12.1. The minimum absolute atomic E-state index is 0.0596. The summed E-state index contributed by atoms with van der Waals surface area (Å²) in [6.07, 6.45) is 0. The average molecular weight is 483 g/mol. The fraction of sp³-hybridized carbons (Fsp3) is 0.154. The lowest BCUT2D eigenvalue weighted by atomic mass is 10.3. The molecule has 1 aromatic carbocycles. The van der Waals surface area contributed by atoms with E-state index in [1.165, 1.54) is 6.92 Å². The van der Waals surface area contributed by atoms with E-state index in [2.05, 4.69) is 58.4 Å². The molecular formula is C13H11Br3N2OS. The Morgan fingerprint density at radius 2 is 1.90 bits per heavy atom. The van der Waals surface area contributed by atoms with Gasteiger partial charge in [0.15, 0.2) is 0 Å². The molecule has 0 saturated heterocycles. The number of thiophene rings is 1. The fourth-order valence-corrected chi connectivity index (χ4v) is 4.97. The van der Waals surface area contributed by atoms with Gasteiger partial charge in [-0.05, 0) is 55.4 Å². The minimum atomic E-state index is -0.0596. The molecule has 0 fully saturated rings. The summed E-state index contributed by atoms with van der Waals surface area (Å²) in [6.45, 7) is 2.16. The summed E-state index contributed by atoms with van der Waals surface area (Å²) in [7, 11) is 0. The molecule has 106 valence electrons. The highest BCUT2D eigenvalue weighted by atomic mass is 79.9. The van der Waals surface area contributed by atoms with E-state index in [1.807, 2.05) is 23.6 Å². The molecule has 2 rings (SSSR count). The van der Waals surface area contributed by atoms with Crippen LogP contribution < -0.4 is 10.6 Å². The van der Waals surface area contributed by atoms with Crippen molar-refractivity contribution < 1.29 is 4.79 Å². The number of carbonyl (C=O) groups excluding carboxylic acids is 1. The zero-order valence-corrected chi connectivity index (χ0v) is 16.0. The molecule has 20 heavy (non-hydrogen) atoms.